The Morgan fingerprint density at radius 2 is 1.77 bits per heavy atom. The Morgan fingerprint density at radius 1 is 1.23 bits per heavy atom. The van der Waals surface area contributed by atoms with E-state index in [2.05, 4.69) is 44.1 Å². The van der Waals surface area contributed by atoms with Crippen LogP contribution in [0.1, 0.15) is 16.7 Å². The third-order valence-electron chi connectivity index (χ3n) is 2.04. The minimum atomic E-state index is 0.588. The molecule has 0 atom stereocenters. The van der Waals surface area contributed by atoms with Gasteiger partial charge in [0.2, 0.25) is 0 Å². The second kappa shape index (κ2) is 4.00. The van der Waals surface area contributed by atoms with Crippen LogP contribution in [0.25, 0.3) is 0 Å². The molecule has 0 heterocycles. The van der Waals surface area contributed by atoms with Gasteiger partial charge in [-0.3, -0.25) is 0 Å². The maximum atomic E-state index is 5.19. The molecule has 0 amide bonds. The minimum Gasteiger partial charge on any atom is -0.374 e. The molecule has 0 bridgehead atoms. The number of nitrogens with one attached hydrogen (secondary N) is 1. The number of rotatable bonds is 2. The Bertz CT molecular complexity index is 322. The van der Waals surface area contributed by atoms with Crippen molar-refractivity contribution in [3.8, 4) is 12.3 Å². The molecule has 68 valence electrons. The fourth-order valence-corrected chi connectivity index (χ4v) is 1.60. The van der Waals surface area contributed by atoms with Gasteiger partial charge in [0, 0.05) is 5.69 Å². The van der Waals surface area contributed by atoms with Crippen LogP contribution in [-0.4, -0.2) is 6.54 Å². The molecule has 0 spiro atoms. The van der Waals surface area contributed by atoms with Gasteiger partial charge >= 0.3 is 0 Å². The van der Waals surface area contributed by atoms with Crippen LogP contribution in [0, 0.1) is 33.1 Å². The molecule has 0 saturated carbocycles. The van der Waals surface area contributed by atoms with E-state index >= 15 is 0 Å². The summed E-state index contributed by atoms with van der Waals surface area (Å²) in [4.78, 5) is 0. The van der Waals surface area contributed by atoms with Crippen molar-refractivity contribution < 1.29 is 0 Å². The molecule has 0 saturated heterocycles. The summed E-state index contributed by atoms with van der Waals surface area (Å²) in [7, 11) is 0. The topological polar surface area (TPSA) is 12.0 Å². The van der Waals surface area contributed by atoms with Crippen LogP contribution in [0.4, 0.5) is 5.69 Å². The lowest BCUT2D eigenvalue weighted by Gasteiger charge is -2.11. The number of anilines is 1. The average molecular weight is 173 g/mol. The zero-order chi connectivity index (χ0) is 9.84. The fourth-order valence-electron chi connectivity index (χ4n) is 1.60. The summed E-state index contributed by atoms with van der Waals surface area (Å²) in [5.41, 5.74) is 4.98. The Kier molecular flexibility index (Phi) is 2.97. The lowest BCUT2D eigenvalue weighted by molar-refractivity contribution is 1.26. The van der Waals surface area contributed by atoms with Crippen molar-refractivity contribution in [2.75, 3.05) is 11.9 Å². The molecule has 0 fully saturated rings. The van der Waals surface area contributed by atoms with Gasteiger partial charge in [-0.05, 0) is 31.9 Å². The van der Waals surface area contributed by atoms with Gasteiger partial charge in [-0.2, -0.15) is 0 Å². The van der Waals surface area contributed by atoms with Gasteiger partial charge in [-0.15, -0.1) is 6.42 Å². The first-order valence-electron chi connectivity index (χ1n) is 4.40. The monoisotopic (exact) mass is 173 g/mol. The predicted molar refractivity (Wildman–Crippen MR) is 58.0 cm³/mol. The maximum absolute atomic E-state index is 5.19. The van der Waals surface area contributed by atoms with Crippen LogP contribution < -0.4 is 5.32 Å². The Balaban J connectivity index is 3.00. The molecule has 0 aliphatic rings. The predicted octanol–water partition coefficient (Wildman–Crippen LogP) is 2.66. The highest BCUT2D eigenvalue weighted by atomic mass is 14.9. The van der Waals surface area contributed by atoms with E-state index in [9.17, 15) is 0 Å². The summed E-state index contributed by atoms with van der Waals surface area (Å²) < 4.78 is 0. The molecule has 1 rings (SSSR count). The highest BCUT2D eigenvalue weighted by Gasteiger charge is 2.01. The third kappa shape index (κ3) is 2.26. The number of terminal acetylenes is 1. The van der Waals surface area contributed by atoms with E-state index < -0.39 is 0 Å². The van der Waals surface area contributed by atoms with Crippen molar-refractivity contribution in [3.63, 3.8) is 0 Å². The zero-order valence-electron chi connectivity index (χ0n) is 8.44. The van der Waals surface area contributed by atoms with E-state index in [1.165, 1.54) is 22.4 Å². The molecule has 0 aliphatic heterocycles. The first-order valence-corrected chi connectivity index (χ1v) is 4.40. The van der Waals surface area contributed by atoms with E-state index in [4.69, 9.17) is 6.42 Å². The molecule has 1 aromatic rings. The fraction of sp³-hybridized carbons (Fsp3) is 0.333. The van der Waals surface area contributed by atoms with E-state index in [-0.39, 0.29) is 0 Å². The van der Waals surface area contributed by atoms with E-state index in [0.29, 0.717) is 6.54 Å². The number of hydrogen-bond acceptors (Lipinski definition) is 1. The highest BCUT2D eigenvalue weighted by molar-refractivity contribution is 5.58. The van der Waals surface area contributed by atoms with Crippen LogP contribution >= 0.6 is 0 Å². The van der Waals surface area contributed by atoms with Gasteiger partial charge in [0.15, 0.2) is 0 Å². The van der Waals surface area contributed by atoms with E-state index in [0.717, 1.165) is 0 Å². The van der Waals surface area contributed by atoms with Gasteiger partial charge in [-0.25, -0.2) is 0 Å². The molecule has 0 aromatic heterocycles. The Hall–Kier alpha value is -1.42. The van der Waals surface area contributed by atoms with Crippen molar-refractivity contribution in [1.29, 1.82) is 0 Å². The molecule has 0 unspecified atom stereocenters. The Labute approximate surface area is 80.2 Å². The number of hydrogen-bond donors (Lipinski definition) is 1. The largest absolute Gasteiger partial charge is 0.374 e. The average Bonchev–Trinajstić information content (AvgIpc) is 2.02. The molecule has 1 aromatic carbocycles. The van der Waals surface area contributed by atoms with E-state index in [1.807, 2.05) is 0 Å². The maximum Gasteiger partial charge on any atom is 0.0763 e. The molecule has 1 nitrogen and oxygen atoms in total. The molecule has 0 aliphatic carbocycles. The minimum absolute atomic E-state index is 0.588. The van der Waals surface area contributed by atoms with Crippen LogP contribution in [0.15, 0.2) is 12.1 Å². The lowest BCUT2D eigenvalue weighted by Crippen LogP contribution is -2.02. The van der Waals surface area contributed by atoms with Crippen LogP contribution in [0.5, 0.6) is 0 Å². The summed E-state index contributed by atoms with van der Waals surface area (Å²) in [6, 6.07) is 4.32. The van der Waals surface area contributed by atoms with Crippen molar-refractivity contribution in [1.82, 2.24) is 0 Å². The van der Waals surface area contributed by atoms with Crippen molar-refractivity contribution in [3.05, 3.63) is 28.8 Å². The van der Waals surface area contributed by atoms with Crippen molar-refractivity contribution >= 4 is 5.69 Å². The van der Waals surface area contributed by atoms with Crippen LogP contribution in [0.2, 0.25) is 0 Å². The second-order valence-corrected chi connectivity index (χ2v) is 3.33. The normalized spacial score (nSPS) is 9.38. The van der Waals surface area contributed by atoms with Crippen LogP contribution in [-0.2, 0) is 0 Å². The zero-order valence-corrected chi connectivity index (χ0v) is 8.44. The van der Waals surface area contributed by atoms with Gasteiger partial charge in [0.25, 0.3) is 0 Å². The SMILES string of the molecule is C#CCNc1c(C)cc(C)cc1C. The summed E-state index contributed by atoms with van der Waals surface area (Å²) in [6.07, 6.45) is 5.19. The molecule has 0 radical (unpaired) electrons. The molecular weight excluding hydrogens is 158 g/mol. The third-order valence-corrected chi connectivity index (χ3v) is 2.04. The second-order valence-electron chi connectivity index (χ2n) is 3.33. The molecular formula is C12H15N. The van der Waals surface area contributed by atoms with Crippen molar-refractivity contribution in [2.45, 2.75) is 20.8 Å². The standard InChI is InChI=1S/C12H15N/c1-5-6-13-12-10(3)7-9(2)8-11(12)4/h1,7-8,13H,6H2,2-4H3. The smallest absolute Gasteiger partial charge is 0.0763 e. The summed E-state index contributed by atoms with van der Waals surface area (Å²) in [6.45, 7) is 6.88. The van der Waals surface area contributed by atoms with E-state index in [1.54, 1.807) is 0 Å². The van der Waals surface area contributed by atoms with Gasteiger partial charge in [0.1, 0.15) is 0 Å². The first kappa shape index (κ1) is 9.67. The van der Waals surface area contributed by atoms with Gasteiger partial charge < -0.3 is 5.32 Å². The molecule has 1 N–H and O–H groups in total. The van der Waals surface area contributed by atoms with Crippen LogP contribution in [0.3, 0.4) is 0 Å². The Morgan fingerprint density at radius 3 is 2.23 bits per heavy atom. The highest BCUT2D eigenvalue weighted by Crippen LogP contribution is 2.21. The van der Waals surface area contributed by atoms with Gasteiger partial charge in [-0.1, -0.05) is 23.6 Å². The van der Waals surface area contributed by atoms with Crippen molar-refractivity contribution in [2.24, 2.45) is 0 Å². The number of aryl methyl sites for hydroxylation is 3. The number of benzene rings is 1. The summed E-state index contributed by atoms with van der Waals surface area (Å²) in [5.74, 6) is 2.57. The summed E-state index contributed by atoms with van der Waals surface area (Å²) >= 11 is 0. The summed E-state index contributed by atoms with van der Waals surface area (Å²) in [5, 5.41) is 3.22. The molecule has 1 heteroatoms. The first-order chi connectivity index (χ1) is 6.15. The quantitative estimate of drug-likeness (QED) is 0.678. The lowest BCUT2D eigenvalue weighted by atomic mass is 10.1. The van der Waals surface area contributed by atoms with Gasteiger partial charge in [0.05, 0.1) is 6.54 Å². The molecule has 13 heavy (non-hydrogen) atoms.